The Morgan fingerprint density at radius 3 is 2.17 bits per heavy atom. The quantitative estimate of drug-likeness (QED) is 0.303. The van der Waals surface area contributed by atoms with Crippen molar-refractivity contribution in [1.29, 1.82) is 0 Å². The predicted molar refractivity (Wildman–Crippen MR) is 113 cm³/mol. The van der Waals surface area contributed by atoms with Crippen molar-refractivity contribution in [3.63, 3.8) is 0 Å². The Labute approximate surface area is 173 Å². The number of unbranched alkanes of at least 4 members (excludes halogenated alkanes) is 5. The molecule has 0 N–H and O–H groups in total. The Morgan fingerprint density at radius 2 is 1.48 bits per heavy atom. The Morgan fingerprint density at radius 1 is 0.828 bits per heavy atom. The van der Waals surface area contributed by atoms with Gasteiger partial charge >= 0.3 is 0 Å². The molecule has 1 aliphatic rings. The first-order chi connectivity index (χ1) is 14.2. The van der Waals surface area contributed by atoms with Gasteiger partial charge in [-0.25, -0.2) is 0 Å². The predicted octanol–water partition coefficient (Wildman–Crippen LogP) is 7.54. The molecule has 2 nitrogen and oxygen atoms in total. The molecule has 0 aliphatic heterocycles. The highest BCUT2D eigenvalue weighted by atomic mass is 19.1. The second-order valence-electron chi connectivity index (χ2n) is 8.25. The van der Waals surface area contributed by atoms with Crippen LogP contribution in [0.1, 0.15) is 94.1 Å². The molecule has 0 bridgehead atoms. The molecule has 29 heavy (non-hydrogen) atoms. The van der Waals surface area contributed by atoms with Gasteiger partial charge in [0.15, 0.2) is 0 Å². The number of halogens is 2. The van der Waals surface area contributed by atoms with Crippen LogP contribution in [0.4, 0.5) is 8.78 Å². The fraction of sp³-hybridized carbons (Fsp3) is 0.560. The van der Waals surface area contributed by atoms with Crippen LogP contribution in [0.25, 0.3) is 0 Å². The Bertz CT molecular complexity index is 739. The van der Waals surface area contributed by atoms with Crippen LogP contribution < -0.4 is 4.74 Å². The Balaban J connectivity index is 1.42. The lowest BCUT2D eigenvalue weighted by Gasteiger charge is -2.29. The second kappa shape index (κ2) is 11.3. The molecule has 158 valence electrons. The third-order valence-corrected chi connectivity index (χ3v) is 6.13. The van der Waals surface area contributed by atoms with E-state index < -0.39 is 11.9 Å². The average Bonchev–Trinajstić information content (AvgIpc) is 2.74. The van der Waals surface area contributed by atoms with Gasteiger partial charge in [-0.2, -0.15) is 13.8 Å². The first-order valence-electron chi connectivity index (χ1n) is 11.2. The molecular formula is C25H33F2NO. The molecule has 0 saturated heterocycles. The monoisotopic (exact) mass is 401 g/mol. The van der Waals surface area contributed by atoms with Crippen molar-refractivity contribution in [2.24, 2.45) is 0 Å². The summed E-state index contributed by atoms with van der Waals surface area (Å²) in [6.07, 6.45) is 11.4. The Hall–Kier alpha value is -1.97. The van der Waals surface area contributed by atoms with Crippen molar-refractivity contribution >= 4 is 0 Å². The first kappa shape index (κ1) is 21.7. The van der Waals surface area contributed by atoms with Crippen molar-refractivity contribution in [2.75, 3.05) is 6.61 Å². The number of hydrogen-bond donors (Lipinski definition) is 0. The van der Waals surface area contributed by atoms with Gasteiger partial charge in [0.05, 0.1) is 6.61 Å². The summed E-state index contributed by atoms with van der Waals surface area (Å²) in [7, 11) is 0. The molecule has 0 unspecified atom stereocenters. The molecule has 0 spiro atoms. The minimum atomic E-state index is -0.751. The fourth-order valence-electron chi connectivity index (χ4n) is 4.37. The summed E-state index contributed by atoms with van der Waals surface area (Å²) in [6.45, 7) is 3.02. The zero-order chi connectivity index (χ0) is 20.5. The minimum absolute atomic E-state index is 0.138. The van der Waals surface area contributed by atoms with Crippen molar-refractivity contribution in [1.82, 2.24) is 4.98 Å². The average molecular weight is 402 g/mol. The van der Waals surface area contributed by atoms with Crippen LogP contribution in [0.5, 0.6) is 5.75 Å². The van der Waals surface area contributed by atoms with Crippen molar-refractivity contribution < 1.29 is 13.5 Å². The van der Waals surface area contributed by atoms with E-state index in [1.807, 2.05) is 0 Å². The third kappa shape index (κ3) is 6.52. The molecule has 1 saturated carbocycles. The van der Waals surface area contributed by atoms with Crippen LogP contribution in [0, 0.1) is 11.9 Å². The van der Waals surface area contributed by atoms with E-state index in [1.165, 1.54) is 43.7 Å². The summed E-state index contributed by atoms with van der Waals surface area (Å²) in [6, 6.07) is 11.3. The molecule has 1 aromatic heterocycles. The molecule has 0 atom stereocenters. The van der Waals surface area contributed by atoms with E-state index in [0.717, 1.165) is 44.5 Å². The van der Waals surface area contributed by atoms with Gasteiger partial charge in [-0.05, 0) is 73.8 Å². The molecular weight excluding hydrogens is 368 g/mol. The zero-order valence-electron chi connectivity index (χ0n) is 17.5. The van der Waals surface area contributed by atoms with Crippen LogP contribution >= 0.6 is 0 Å². The van der Waals surface area contributed by atoms with Gasteiger partial charge in [0.25, 0.3) is 0 Å². The fourth-order valence-corrected chi connectivity index (χ4v) is 4.37. The van der Waals surface area contributed by atoms with Crippen molar-refractivity contribution in [3.05, 3.63) is 59.4 Å². The topological polar surface area (TPSA) is 22.1 Å². The van der Waals surface area contributed by atoms with E-state index in [9.17, 15) is 8.78 Å². The largest absolute Gasteiger partial charge is 0.494 e. The molecule has 1 aliphatic carbocycles. The maximum atomic E-state index is 13.9. The molecule has 1 aromatic carbocycles. The molecule has 4 heteroatoms. The van der Waals surface area contributed by atoms with Gasteiger partial charge in [-0.3, -0.25) is 0 Å². The van der Waals surface area contributed by atoms with Crippen LogP contribution in [0.3, 0.4) is 0 Å². The van der Waals surface area contributed by atoms with Gasteiger partial charge in [0.2, 0.25) is 11.9 Å². The van der Waals surface area contributed by atoms with Gasteiger partial charge in [-0.15, -0.1) is 0 Å². The lowest BCUT2D eigenvalue weighted by Crippen LogP contribution is -2.14. The Kier molecular flexibility index (Phi) is 8.45. The van der Waals surface area contributed by atoms with Crippen LogP contribution in [0.15, 0.2) is 36.4 Å². The smallest absolute Gasteiger partial charge is 0.218 e. The minimum Gasteiger partial charge on any atom is -0.494 e. The number of pyridine rings is 1. The summed E-state index contributed by atoms with van der Waals surface area (Å²) in [4.78, 5) is 3.34. The van der Waals surface area contributed by atoms with E-state index in [4.69, 9.17) is 4.74 Å². The second-order valence-corrected chi connectivity index (χ2v) is 8.25. The molecule has 0 amide bonds. The summed E-state index contributed by atoms with van der Waals surface area (Å²) in [5, 5.41) is 0. The number of rotatable bonds is 10. The zero-order valence-corrected chi connectivity index (χ0v) is 17.5. The summed E-state index contributed by atoms with van der Waals surface area (Å²) in [5.41, 5.74) is 1.89. The number of benzene rings is 1. The first-order valence-corrected chi connectivity index (χ1v) is 11.2. The highest BCUT2D eigenvalue weighted by Crippen LogP contribution is 2.41. The van der Waals surface area contributed by atoms with E-state index in [-0.39, 0.29) is 5.92 Å². The summed E-state index contributed by atoms with van der Waals surface area (Å²) in [5.74, 6) is 0.170. The van der Waals surface area contributed by atoms with Gasteiger partial charge in [0.1, 0.15) is 5.75 Å². The van der Waals surface area contributed by atoms with Crippen LogP contribution in [-0.4, -0.2) is 11.6 Å². The van der Waals surface area contributed by atoms with Crippen LogP contribution in [-0.2, 0) is 0 Å². The van der Waals surface area contributed by atoms with E-state index in [2.05, 4.69) is 36.2 Å². The number of ether oxygens (including phenoxy) is 1. The van der Waals surface area contributed by atoms with Gasteiger partial charge in [0, 0.05) is 5.56 Å². The SMILES string of the molecule is CCCCCCCCOc1ccc([C@H]2CC[C@H](c3ccc(F)nc3F)CC2)cc1. The molecule has 2 aromatic rings. The number of aromatic nitrogens is 1. The highest BCUT2D eigenvalue weighted by Gasteiger charge is 2.25. The molecule has 1 heterocycles. The van der Waals surface area contributed by atoms with E-state index >= 15 is 0 Å². The van der Waals surface area contributed by atoms with Crippen molar-refractivity contribution in [3.8, 4) is 5.75 Å². The summed E-state index contributed by atoms with van der Waals surface area (Å²) < 4.78 is 32.8. The van der Waals surface area contributed by atoms with Gasteiger partial charge in [-0.1, -0.05) is 51.2 Å². The standard InChI is InChI=1S/C25H33F2NO/c1-2-3-4-5-6-7-18-29-22-14-12-20(13-15-22)19-8-10-21(11-9-19)23-16-17-24(26)28-25(23)27/h12-17,19,21H,2-11,18H2,1H3/t19-,21-. The summed E-state index contributed by atoms with van der Waals surface area (Å²) >= 11 is 0. The van der Waals surface area contributed by atoms with E-state index in [0.29, 0.717) is 11.5 Å². The normalized spacial score (nSPS) is 19.3. The lowest BCUT2D eigenvalue weighted by molar-refractivity contribution is 0.304. The third-order valence-electron chi connectivity index (χ3n) is 6.13. The number of hydrogen-bond acceptors (Lipinski definition) is 2. The van der Waals surface area contributed by atoms with Gasteiger partial charge < -0.3 is 4.74 Å². The lowest BCUT2D eigenvalue weighted by atomic mass is 9.76. The maximum absolute atomic E-state index is 13.9. The molecule has 3 rings (SSSR count). The maximum Gasteiger partial charge on any atom is 0.218 e. The molecule has 0 radical (unpaired) electrons. The highest BCUT2D eigenvalue weighted by molar-refractivity contribution is 5.30. The van der Waals surface area contributed by atoms with Crippen molar-refractivity contribution in [2.45, 2.75) is 83.0 Å². The van der Waals surface area contributed by atoms with E-state index in [1.54, 1.807) is 6.07 Å². The molecule has 1 fully saturated rings. The number of nitrogens with zero attached hydrogens (tertiary/aromatic N) is 1. The van der Waals surface area contributed by atoms with Crippen LogP contribution in [0.2, 0.25) is 0 Å².